The second-order valence-electron chi connectivity index (χ2n) is 6.35. The first-order valence-electron chi connectivity index (χ1n) is 8.38. The molecule has 1 amide bonds. The van der Waals surface area contributed by atoms with Gasteiger partial charge in [0.25, 0.3) is 0 Å². The Balaban J connectivity index is 1.83. The molecule has 3 rings (SSSR count). The highest BCUT2D eigenvalue weighted by molar-refractivity contribution is 6.42. The monoisotopic (exact) mass is 396 g/mol. The zero-order valence-corrected chi connectivity index (χ0v) is 15.5. The van der Waals surface area contributed by atoms with E-state index in [1.807, 2.05) is 12.1 Å². The van der Waals surface area contributed by atoms with Crippen molar-refractivity contribution in [2.24, 2.45) is 0 Å². The summed E-state index contributed by atoms with van der Waals surface area (Å²) < 4.78 is 13.3. The second-order valence-corrected chi connectivity index (χ2v) is 7.17. The average Bonchev–Trinajstić information content (AvgIpc) is 2.63. The fourth-order valence-corrected chi connectivity index (χ4v) is 3.59. The third kappa shape index (κ3) is 4.40. The van der Waals surface area contributed by atoms with Gasteiger partial charge in [-0.05, 0) is 54.8 Å². The summed E-state index contributed by atoms with van der Waals surface area (Å²) in [4.78, 5) is 14.8. The quantitative estimate of drug-likeness (QED) is 0.763. The smallest absolute Gasteiger partial charge is 0.407 e. The first-order chi connectivity index (χ1) is 12.4. The molecule has 2 aromatic rings. The summed E-state index contributed by atoms with van der Waals surface area (Å²) in [6.45, 7) is 1.55. The van der Waals surface area contributed by atoms with Crippen LogP contribution in [-0.4, -0.2) is 35.2 Å². The Morgan fingerprint density at radius 3 is 2.35 bits per heavy atom. The van der Waals surface area contributed by atoms with Gasteiger partial charge in [-0.25, -0.2) is 9.18 Å². The minimum Gasteiger partial charge on any atom is -0.465 e. The van der Waals surface area contributed by atoms with Gasteiger partial charge < -0.3 is 14.9 Å². The van der Waals surface area contributed by atoms with Crippen LogP contribution in [0.5, 0.6) is 0 Å². The molecule has 0 saturated carbocycles. The number of halogens is 3. The van der Waals surface area contributed by atoms with Crippen LogP contribution in [0.4, 0.5) is 14.9 Å². The van der Waals surface area contributed by atoms with Gasteiger partial charge in [-0.1, -0.05) is 29.3 Å². The molecule has 26 heavy (non-hydrogen) atoms. The van der Waals surface area contributed by atoms with E-state index < -0.39 is 6.09 Å². The molecule has 7 heteroatoms. The van der Waals surface area contributed by atoms with Crippen molar-refractivity contribution < 1.29 is 14.3 Å². The third-order valence-electron chi connectivity index (χ3n) is 4.67. The average molecular weight is 397 g/mol. The van der Waals surface area contributed by atoms with Gasteiger partial charge >= 0.3 is 6.09 Å². The van der Waals surface area contributed by atoms with E-state index in [9.17, 15) is 9.18 Å². The molecule has 0 radical (unpaired) electrons. The van der Waals surface area contributed by atoms with Crippen molar-refractivity contribution in [1.82, 2.24) is 4.90 Å². The predicted molar refractivity (Wildman–Crippen MR) is 102 cm³/mol. The first-order valence-corrected chi connectivity index (χ1v) is 9.13. The van der Waals surface area contributed by atoms with Crippen molar-refractivity contribution in [3.8, 4) is 0 Å². The number of hydrogen-bond acceptors (Lipinski definition) is 2. The maximum atomic E-state index is 13.3. The Labute approximate surface area is 161 Å². The van der Waals surface area contributed by atoms with E-state index >= 15 is 0 Å². The lowest BCUT2D eigenvalue weighted by Gasteiger charge is -2.39. The number of benzene rings is 2. The highest BCUT2D eigenvalue weighted by Crippen LogP contribution is 2.28. The van der Waals surface area contributed by atoms with E-state index in [1.54, 1.807) is 18.2 Å². The van der Waals surface area contributed by atoms with Crippen LogP contribution in [0.2, 0.25) is 10.0 Å². The van der Waals surface area contributed by atoms with Crippen LogP contribution in [0, 0.1) is 5.82 Å². The normalized spacial score (nSPS) is 15.1. The fourth-order valence-electron chi connectivity index (χ4n) is 3.27. The molecular formula is C19H19Cl2FN2O2. The summed E-state index contributed by atoms with van der Waals surface area (Å²) in [6.07, 6.45) is 0.539. The van der Waals surface area contributed by atoms with Crippen LogP contribution >= 0.6 is 23.2 Å². The first kappa shape index (κ1) is 18.8. The van der Waals surface area contributed by atoms with Gasteiger partial charge in [-0.3, -0.25) is 0 Å². The number of amides is 1. The summed E-state index contributed by atoms with van der Waals surface area (Å²) in [6, 6.07) is 12.0. The number of likely N-dealkylation sites (tertiary alicyclic amines) is 1. The highest BCUT2D eigenvalue weighted by atomic mass is 35.5. The van der Waals surface area contributed by atoms with Crippen molar-refractivity contribution in [3.05, 3.63) is 63.9 Å². The number of carbonyl (C=O) groups is 1. The molecule has 1 saturated heterocycles. The van der Waals surface area contributed by atoms with E-state index in [4.69, 9.17) is 28.3 Å². The van der Waals surface area contributed by atoms with Crippen molar-refractivity contribution >= 4 is 35.0 Å². The van der Waals surface area contributed by atoms with Crippen LogP contribution in [0.1, 0.15) is 18.4 Å². The zero-order chi connectivity index (χ0) is 18.7. The van der Waals surface area contributed by atoms with Crippen LogP contribution in [-0.2, 0) is 6.54 Å². The Kier molecular flexibility index (Phi) is 5.89. The molecule has 138 valence electrons. The molecule has 0 unspecified atom stereocenters. The zero-order valence-electron chi connectivity index (χ0n) is 14.0. The summed E-state index contributed by atoms with van der Waals surface area (Å²) in [5.74, 6) is -0.288. The number of piperidine rings is 1. The van der Waals surface area contributed by atoms with Crippen molar-refractivity contribution in [1.29, 1.82) is 0 Å². The van der Waals surface area contributed by atoms with Gasteiger partial charge in [0.15, 0.2) is 0 Å². The molecule has 2 aromatic carbocycles. The molecule has 0 spiro atoms. The lowest BCUT2D eigenvalue weighted by Crippen LogP contribution is -2.46. The van der Waals surface area contributed by atoms with E-state index in [2.05, 4.69) is 4.90 Å². The van der Waals surface area contributed by atoms with E-state index in [0.29, 0.717) is 42.5 Å². The molecule has 1 aliphatic heterocycles. The number of rotatable bonds is 4. The number of nitrogens with zero attached hydrogens (tertiary/aromatic N) is 2. The van der Waals surface area contributed by atoms with Gasteiger partial charge in [0.1, 0.15) is 5.82 Å². The molecule has 1 N–H and O–H groups in total. The Morgan fingerprint density at radius 2 is 1.77 bits per heavy atom. The van der Waals surface area contributed by atoms with Crippen LogP contribution in [0.3, 0.4) is 0 Å². The van der Waals surface area contributed by atoms with Crippen molar-refractivity contribution in [2.45, 2.75) is 25.4 Å². The number of anilines is 1. The lowest BCUT2D eigenvalue weighted by atomic mass is 10.0. The molecule has 0 atom stereocenters. The predicted octanol–water partition coefficient (Wildman–Crippen LogP) is 5.28. The van der Waals surface area contributed by atoms with Gasteiger partial charge in [0, 0.05) is 31.4 Å². The van der Waals surface area contributed by atoms with Crippen LogP contribution in [0.15, 0.2) is 42.5 Å². The molecule has 1 heterocycles. The van der Waals surface area contributed by atoms with Gasteiger partial charge in [-0.2, -0.15) is 0 Å². The van der Waals surface area contributed by atoms with E-state index in [0.717, 1.165) is 11.3 Å². The van der Waals surface area contributed by atoms with Crippen molar-refractivity contribution in [2.75, 3.05) is 18.0 Å². The molecule has 4 nitrogen and oxygen atoms in total. The largest absolute Gasteiger partial charge is 0.465 e. The van der Waals surface area contributed by atoms with Crippen molar-refractivity contribution in [3.63, 3.8) is 0 Å². The summed E-state index contributed by atoms with van der Waals surface area (Å²) in [5.41, 5.74) is 1.88. The van der Waals surface area contributed by atoms with Crippen LogP contribution < -0.4 is 4.90 Å². The van der Waals surface area contributed by atoms with E-state index in [1.165, 1.54) is 17.0 Å². The SMILES string of the molecule is O=C(O)N1CCC(N(Cc2ccc(Cl)c(Cl)c2)c2ccc(F)cc2)CC1. The highest BCUT2D eigenvalue weighted by Gasteiger charge is 2.27. The molecule has 1 aliphatic rings. The number of carboxylic acid groups (broad SMARTS) is 1. The molecule has 0 aromatic heterocycles. The van der Waals surface area contributed by atoms with E-state index in [-0.39, 0.29) is 11.9 Å². The van der Waals surface area contributed by atoms with Gasteiger partial charge in [0.2, 0.25) is 0 Å². The molecular weight excluding hydrogens is 378 g/mol. The van der Waals surface area contributed by atoms with Crippen LogP contribution in [0.25, 0.3) is 0 Å². The molecule has 1 fully saturated rings. The van der Waals surface area contributed by atoms with Gasteiger partial charge in [0.05, 0.1) is 10.0 Å². The number of hydrogen-bond donors (Lipinski definition) is 1. The standard InChI is InChI=1S/C19H19Cl2FN2O2/c20-17-6-1-13(11-18(17)21)12-24(15-4-2-14(22)3-5-15)16-7-9-23(10-8-16)19(25)26/h1-6,11,16H,7-10,12H2,(H,25,26). The summed E-state index contributed by atoms with van der Waals surface area (Å²) >= 11 is 12.1. The Hall–Kier alpha value is -1.98. The maximum absolute atomic E-state index is 13.3. The molecule has 0 bridgehead atoms. The Bertz CT molecular complexity index is 778. The molecule has 0 aliphatic carbocycles. The summed E-state index contributed by atoms with van der Waals surface area (Å²) in [5, 5.41) is 10.1. The van der Waals surface area contributed by atoms with Gasteiger partial charge in [-0.15, -0.1) is 0 Å². The summed E-state index contributed by atoms with van der Waals surface area (Å²) in [7, 11) is 0. The Morgan fingerprint density at radius 1 is 1.12 bits per heavy atom. The fraction of sp³-hybridized carbons (Fsp3) is 0.316. The minimum atomic E-state index is -0.888. The third-order valence-corrected chi connectivity index (χ3v) is 5.41. The second kappa shape index (κ2) is 8.14. The minimum absolute atomic E-state index is 0.158. The lowest BCUT2D eigenvalue weighted by molar-refractivity contribution is 0.131. The maximum Gasteiger partial charge on any atom is 0.407 e. The topological polar surface area (TPSA) is 43.8 Å².